The molecule has 40 heavy (non-hydrogen) atoms. The maximum absolute atomic E-state index is 4.37. The smallest absolute Gasteiger partial charge is 0.0405 e. The van der Waals surface area contributed by atoms with E-state index in [9.17, 15) is 0 Å². The molecule has 4 aromatic heterocycles. The van der Waals surface area contributed by atoms with Crippen molar-refractivity contribution in [2.45, 2.75) is 111 Å². The van der Waals surface area contributed by atoms with Gasteiger partial charge < -0.3 is 0 Å². The Balaban J connectivity index is 0.000000267. The third kappa shape index (κ3) is 10.6. The van der Waals surface area contributed by atoms with Gasteiger partial charge in [-0.1, -0.05) is 24.3 Å². The maximum atomic E-state index is 4.37. The van der Waals surface area contributed by atoms with Gasteiger partial charge in [0.15, 0.2) is 0 Å². The summed E-state index contributed by atoms with van der Waals surface area (Å²) in [7, 11) is 0. The zero-order valence-electron chi connectivity index (χ0n) is 28.1. The van der Waals surface area contributed by atoms with Crippen LogP contribution in [-0.2, 0) is 0 Å². The summed E-state index contributed by atoms with van der Waals surface area (Å²) in [4.78, 5) is 17.5. The van der Waals surface area contributed by atoms with Crippen molar-refractivity contribution in [1.29, 1.82) is 0 Å². The molecule has 0 amide bonds. The highest BCUT2D eigenvalue weighted by atomic mass is 14.7. The molecule has 4 heteroatoms. The van der Waals surface area contributed by atoms with Crippen molar-refractivity contribution in [2.75, 3.05) is 0 Å². The first kappa shape index (κ1) is 34.6. The van der Waals surface area contributed by atoms with E-state index in [1.165, 1.54) is 44.5 Å². The molecule has 4 nitrogen and oxygen atoms in total. The molecule has 0 radical (unpaired) electrons. The minimum absolute atomic E-state index is 1.14. The Morgan fingerprint density at radius 1 is 0.225 bits per heavy atom. The van der Waals surface area contributed by atoms with Gasteiger partial charge in [-0.05, 0) is 155 Å². The Morgan fingerprint density at radius 2 is 0.325 bits per heavy atom. The molecule has 0 spiro atoms. The highest BCUT2D eigenvalue weighted by Gasteiger charge is 1.99. The lowest BCUT2D eigenvalue weighted by Crippen LogP contribution is -1.92. The number of nitrogens with zero attached hydrogens (tertiary/aromatic N) is 4. The molecule has 0 aromatic carbocycles. The first-order valence-corrected chi connectivity index (χ1v) is 14.1. The lowest BCUT2D eigenvalue weighted by molar-refractivity contribution is 1.06. The molecule has 4 aromatic rings. The summed E-state index contributed by atoms with van der Waals surface area (Å²) in [6.07, 6.45) is 0. The largest absolute Gasteiger partial charge is 0.258 e. The second-order valence-corrected chi connectivity index (χ2v) is 11.2. The molecule has 0 bridgehead atoms. The van der Waals surface area contributed by atoms with Gasteiger partial charge in [-0.2, -0.15) is 0 Å². The van der Waals surface area contributed by atoms with Gasteiger partial charge in [0.1, 0.15) is 0 Å². The number of hydrogen-bond donors (Lipinski definition) is 0. The Bertz CT molecular complexity index is 1030. The molecule has 0 saturated carbocycles. The van der Waals surface area contributed by atoms with Gasteiger partial charge in [0.05, 0.1) is 0 Å². The Labute approximate surface area is 244 Å². The fraction of sp³-hybridized carbons (Fsp3) is 0.444. The third-order valence-corrected chi connectivity index (χ3v) is 7.64. The van der Waals surface area contributed by atoms with Crippen LogP contribution >= 0.6 is 0 Å². The number of pyridine rings is 4. The molecular formula is C36H52N4. The first-order chi connectivity index (χ1) is 18.4. The Kier molecular flexibility index (Phi) is 13.3. The lowest BCUT2D eigenvalue weighted by atomic mass is 10.1. The van der Waals surface area contributed by atoms with Crippen LogP contribution in [0.15, 0.2) is 24.3 Å². The number of aryl methyl sites for hydroxylation is 16. The molecule has 4 heterocycles. The third-order valence-electron chi connectivity index (χ3n) is 7.64. The van der Waals surface area contributed by atoms with E-state index in [0.717, 1.165) is 45.6 Å². The zero-order valence-corrected chi connectivity index (χ0v) is 28.1. The lowest BCUT2D eigenvalue weighted by Gasteiger charge is -2.03. The van der Waals surface area contributed by atoms with Crippen molar-refractivity contribution >= 4 is 0 Å². The highest BCUT2D eigenvalue weighted by molar-refractivity contribution is 5.29. The summed E-state index contributed by atoms with van der Waals surface area (Å²) < 4.78 is 0. The Morgan fingerprint density at radius 3 is 0.400 bits per heavy atom. The summed E-state index contributed by atoms with van der Waals surface area (Å²) in [5.74, 6) is 0. The molecule has 0 unspecified atom stereocenters. The molecule has 0 aliphatic heterocycles. The predicted molar refractivity (Wildman–Crippen MR) is 173 cm³/mol. The van der Waals surface area contributed by atoms with E-state index in [1.54, 1.807) is 0 Å². The van der Waals surface area contributed by atoms with Crippen LogP contribution in [-0.4, -0.2) is 19.9 Å². The number of aromatic nitrogens is 4. The molecule has 0 aliphatic rings. The molecule has 0 fully saturated rings. The molecular weight excluding hydrogens is 488 g/mol. The number of hydrogen-bond acceptors (Lipinski definition) is 4. The SMILES string of the molecule is Cc1cc(C)c(C)nc1C.Cc1cc(C)c(C)nc1C.Cc1cc(C)c(C)nc1C.Cc1cc(C)c(C)nc1C. The maximum Gasteiger partial charge on any atom is 0.0405 e. The van der Waals surface area contributed by atoms with Crippen molar-refractivity contribution in [2.24, 2.45) is 0 Å². The normalized spacial score (nSPS) is 10.0. The van der Waals surface area contributed by atoms with Gasteiger partial charge in [0.25, 0.3) is 0 Å². The van der Waals surface area contributed by atoms with Crippen LogP contribution < -0.4 is 0 Å². The number of rotatable bonds is 0. The summed E-state index contributed by atoms with van der Waals surface area (Å²) in [6.45, 7) is 33.1. The topological polar surface area (TPSA) is 51.6 Å². The van der Waals surface area contributed by atoms with Gasteiger partial charge in [0.2, 0.25) is 0 Å². The van der Waals surface area contributed by atoms with E-state index in [2.05, 4.69) is 99.6 Å². The molecule has 216 valence electrons. The molecule has 0 N–H and O–H groups in total. The van der Waals surface area contributed by atoms with Crippen molar-refractivity contribution < 1.29 is 0 Å². The summed E-state index contributed by atoms with van der Waals surface area (Å²) in [6, 6.07) is 8.71. The van der Waals surface area contributed by atoms with Gasteiger partial charge in [-0.15, -0.1) is 0 Å². The molecule has 0 atom stereocenters. The van der Waals surface area contributed by atoms with Crippen LogP contribution in [0.5, 0.6) is 0 Å². The van der Waals surface area contributed by atoms with Gasteiger partial charge >= 0.3 is 0 Å². The van der Waals surface area contributed by atoms with E-state index in [1.807, 2.05) is 55.4 Å². The van der Waals surface area contributed by atoms with Crippen molar-refractivity contribution in [3.8, 4) is 0 Å². The first-order valence-electron chi connectivity index (χ1n) is 14.1. The van der Waals surface area contributed by atoms with E-state index < -0.39 is 0 Å². The van der Waals surface area contributed by atoms with E-state index in [4.69, 9.17) is 0 Å². The van der Waals surface area contributed by atoms with Crippen LogP contribution in [0.2, 0.25) is 0 Å². The van der Waals surface area contributed by atoms with Gasteiger partial charge in [0, 0.05) is 45.6 Å². The van der Waals surface area contributed by atoms with Crippen LogP contribution in [0.25, 0.3) is 0 Å². The Hall–Kier alpha value is -3.40. The van der Waals surface area contributed by atoms with Crippen LogP contribution in [0, 0.1) is 111 Å². The van der Waals surface area contributed by atoms with E-state index in [0.29, 0.717) is 0 Å². The van der Waals surface area contributed by atoms with Gasteiger partial charge in [-0.25, -0.2) is 0 Å². The monoisotopic (exact) mass is 540 g/mol. The molecule has 0 saturated heterocycles. The molecule has 4 rings (SSSR count). The van der Waals surface area contributed by atoms with Crippen LogP contribution in [0.3, 0.4) is 0 Å². The van der Waals surface area contributed by atoms with Gasteiger partial charge in [-0.3, -0.25) is 19.9 Å². The van der Waals surface area contributed by atoms with E-state index >= 15 is 0 Å². The second-order valence-electron chi connectivity index (χ2n) is 11.2. The summed E-state index contributed by atoms with van der Waals surface area (Å²) in [5.41, 5.74) is 19.4. The van der Waals surface area contributed by atoms with Crippen molar-refractivity contribution in [3.05, 3.63) is 114 Å². The second kappa shape index (κ2) is 15.4. The van der Waals surface area contributed by atoms with E-state index in [-0.39, 0.29) is 0 Å². The predicted octanol–water partition coefficient (Wildman–Crippen LogP) is 9.26. The summed E-state index contributed by atoms with van der Waals surface area (Å²) in [5, 5.41) is 0. The zero-order chi connectivity index (χ0) is 30.9. The minimum Gasteiger partial charge on any atom is -0.258 e. The standard InChI is InChI=1S/4C9H13N/c4*1-6-5-7(2)9(4)10-8(6)3/h4*5H,1-4H3. The average Bonchev–Trinajstić information content (AvgIpc) is 2.85. The highest BCUT2D eigenvalue weighted by Crippen LogP contribution is 2.11. The summed E-state index contributed by atoms with van der Waals surface area (Å²) >= 11 is 0. The fourth-order valence-electron chi connectivity index (χ4n) is 3.85. The quantitative estimate of drug-likeness (QED) is 0.223. The molecule has 0 aliphatic carbocycles. The van der Waals surface area contributed by atoms with Crippen LogP contribution in [0.1, 0.15) is 90.1 Å². The van der Waals surface area contributed by atoms with Crippen molar-refractivity contribution in [1.82, 2.24) is 19.9 Å². The minimum atomic E-state index is 1.14. The fourth-order valence-corrected chi connectivity index (χ4v) is 3.85. The van der Waals surface area contributed by atoms with Crippen molar-refractivity contribution in [3.63, 3.8) is 0 Å². The van der Waals surface area contributed by atoms with Crippen LogP contribution in [0.4, 0.5) is 0 Å². The average molecular weight is 541 g/mol.